The van der Waals surface area contributed by atoms with Gasteiger partial charge in [-0.1, -0.05) is 13.3 Å². The van der Waals surface area contributed by atoms with Crippen molar-refractivity contribution >= 4 is 5.91 Å². The van der Waals surface area contributed by atoms with Crippen molar-refractivity contribution < 1.29 is 14.6 Å². The Kier molecular flexibility index (Phi) is 6.18. The molecule has 1 amide bonds. The number of aliphatic hydroxyl groups excluding tert-OH is 1. The summed E-state index contributed by atoms with van der Waals surface area (Å²) in [5, 5.41) is 21.7. The summed E-state index contributed by atoms with van der Waals surface area (Å²) in [6.45, 7) is 5.53. The van der Waals surface area contributed by atoms with Gasteiger partial charge >= 0.3 is 0 Å². The number of carbonyl (C=O) groups is 1. The van der Waals surface area contributed by atoms with Crippen LogP contribution in [0, 0.1) is 22.7 Å². The van der Waals surface area contributed by atoms with E-state index >= 15 is 0 Å². The molecule has 2 saturated heterocycles. The molecular formula is C16H27N3O3. The maximum absolute atomic E-state index is 12.7. The fourth-order valence-corrected chi connectivity index (χ4v) is 3.53. The molecular weight excluding hydrogens is 282 g/mol. The van der Waals surface area contributed by atoms with E-state index in [1.165, 1.54) is 0 Å². The van der Waals surface area contributed by atoms with Gasteiger partial charge in [-0.05, 0) is 25.2 Å². The second kappa shape index (κ2) is 7.91. The standard InChI is InChI=1S/C16H27N3O3/c1-2-3-13-10-19(6-7-20)11-14(13)18-15(21)16(12-17)4-8-22-9-5-16/h13-14,20H,2-11H2,1H3,(H,18,21)/t13-,14-/m1/s1. The summed E-state index contributed by atoms with van der Waals surface area (Å²) in [4.78, 5) is 14.9. The van der Waals surface area contributed by atoms with Gasteiger partial charge in [0.25, 0.3) is 0 Å². The largest absolute Gasteiger partial charge is 0.395 e. The minimum Gasteiger partial charge on any atom is -0.395 e. The van der Waals surface area contributed by atoms with Gasteiger partial charge in [-0.25, -0.2) is 0 Å². The first-order valence-corrected chi connectivity index (χ1v) is 8.28. The first-order valence-electron chi connectivity index (χ1n) is 8.28. The van der Waals surface area contributed by atoms with Crippen molar-refractivity contribution in [2.45, 2.75) is 38.6 Å². The average molecular weight is 309 g/mol. The Morgan fingerprint density at radius 1 is 1.45 bits per heavy atom. The Bertz CT molecular complexity index is 415. The highest BCUT2D eigenvalue weighted by atomic mass is 16.5. The number of aliphatic hydroxyl groups is 1. The van der Waals surface area contributed by atoms with Gasteiger partial charge in [-0.3, -0.25) is 9.69 Å². The van der Waals surface area contributed by atoms with E-state index in [1.807, 2.05) is 0 Å². The summed E-state index contributed by atoms with van der Waals surface area (Å²) in [6, 6.07) is 2.30. The summed E-state index contributed by atoms with van der Waals surface area (Å²) in [5.41, 5.74) is -0.931. The Morgan fingerprint density at radius 3 is 2.77 bits per heavy atom. The molecule has 2 N–H and O–H groups in total. The number of hydrogen-bond donors (Lipinski definition) is 2. The summed E-state index contributed by atoms with van der Waals surface area (Å²) in [6.07, 6.45) is 3.07. The maximum Gasteiger partial charge on any atom is 0.240 e. The van der Waals surface area contributed by atoms with Crippen LogP contribution in [0.25, 0.3) is 0 Å². The lowest BCUT2D eigenvalue weighted by Crippen LogP contribution is -2.50. The zero-order chi connectivity index (χ0) is 16.0. The number of amides is 1. The van der Waals surface area contributed by atoms with Crippen molar-refractivity contribution in [3.8, 4) is 6.07 Å². The minimum atomic E-state index is -0.931. The van der Waals surface area contributed by atoms with Crippen LogP contribution in [-0.2, 0) is 9.53 Å². The molecule has 2 heterocycles. The van der Waals surface area contributed by atoms with Gasteiger partial charge in [0.1, 0.15) is 5.41 Å². The van der Waals surface area contributed by atoms with E-state index < -0.39 is 5.41 Å². The van der Waals surface area contributed by atoms with Crippen LogP contribution < -0.4 is 5.32 Å². The van der Waals surface area contributed by atoms with Gasteiger partial charge in [0, 0.05) is 38.9 Å². The maximum atomic E-state index is 12.7. The van der Waals surface area contributed by atoms with Crippen LogP contribution in [0.4, 0.5) is 0 Å². The molecule has 0 aromatic heterocycles. The third kappa shape index (κ3) is 3.78. The topological polar surface area (TPSA) is 85.6 Å². The highest BCUT2D eigenvalue weighted by molar-refractivity contribution is 5.85. The predicted molar refractivity (Wildman–Crippen MR) is 82.0 cm³/mol. The second-order valence-electron chi connectivity index (χ2n) is 6.42. The van der Waals surface area contributed by atoms with E-state index in [-0.39, 0.29) is 18.6 Å². The summed E-state index contributed by atoms with van der Waals surface area (Å²) in [7, 11) is 0. The molecule has 6 heteroatoms. The number of nitrogens with zero attached hydrogens (tertiary/aromatic N) is 2. The predicted octanol–water partition coefficient (Wildman–Crippen LogP) is 0.516. The molecule has 124 valence electrons. The summed E-state index contributed by atoms with van der Waals surface area (Å²) < 4.78 is 5.29. The van der Waals surface area contributed by atoms with Crippen LogP contribution >= 0.6 is 0 Å². The highest BCUT2D eigenvalue weighted by Gasteiger charge is 2.43. The van der Waals surface area contributed by atoms with Gasteiger partial charge in [0.15, 0.2) is 0 Å². The molecule has 2 atom stereocenters. The number of likely N-dealkylation sites (tertiary alicyclic amines) is 1. The molecule has 0 radical (unpaired) electrons. The van der Waals surface area contributed by atoms with Gasteiger partial charge in [0.05, 0.1) is 12.7 Å². The van der Waals surface area contributed by atoms with E-state index in [1.54, 1.807) is 0 Å². The molecule has 2 fully saturated rings. The van der Waals surface area contributed by atoms with E-state index in [0.29, 0.717) is 38.5 Å². The number of hydrogen-bond acceptors (Lipinski definition) is 5. The molecule has 2 aliphatic heterocycles. The SMILES string of the molecule is CCC[C@@H]1CN(CCO)C[C@H]1NC(=O)C1(C#N)CCOCC1. The van der Waals surface area contributed by atoms with E-state index in [2.05, 4.69) is 23.2 Å². The van der Waals surface area contributed by atoms with E-state index in [4.69, 9.17) is 9.84 Å². The van der Waals surface area contributed by atoms with Gasteiger partial charge in [-0.15, -0.1) is 0 Å². The van der Waals surface area contributed by atoms with Crippen molar-refractivity contribution in [2.75, 3.05) is 39.5 Å². The molecule has 2 rings (SSSR count). The van der Waals surface area contributed by atoms with Crippen molar-refractivity contribution in [2.24, 2.45) is 11.3 Å². The summed E-state index contributed by atoms with van der Waals surface area (Å²) in [5.74, 6) is 0.256. The van der Waals surface area contributed by atoms with Crippen molar-refractivity contribution in [3.63, 3.8) is 0 Å². The molecule has 2 aliphatic rings. The van der Waals surface area contributed by atoms with Crippen LogP contribution in [0.5, 0.6) is 0 Å². The first kappa shape index (κ1) is 17.2. The second-order valence-corrected chi connectivity index (χ2v) is 6.42. The van der Waals surface area contributed by atoms with Gasteiger partial charge < -0.3 is 15.2 Å². The quantitative estimate of drug-likeness (QED) is 0.747. The zero-order valence-electron chi connectivity index (χ0n) is 13.4. The fraction of sp³-hybridized carbons (Fsp3) is 0.875. The number of rotatable bonds is 6. The number of carbonyl (C=O) groups excluding carboxylic acids is 1. The smallest absolute Gasteiger partial charge is 0.240 e. The average Bonchev–Trinajstić information content (AvgIpc) is 2.90. The first-order chi connectivity index (χ1) is 10.6. The normalized spacial score (nSPS) is 28.2. The minimum absolute atomic E-state index is 0.0760. The molecule has 0 unspecified atom stereocenters. The lowest BCUT2D eigenvalue weighted by Gasteiger charge is -2.31. The number of nitrogens with one attached hydrogen (secondary N) is 1. The third-order valence-corrected chi connectivity index (χ3v) is 4.90. The highest BCUT2D eigenvalue weighted by Crippen LogP contribution is 2.31. The van der Waals surface area contributed by atoms with E-state index in [9.17, 15) is 10.1 Å². The Hall–Kier alpha value is -1.16. The fourth-order valence-electron chi connectivity index (χ4n) is 3.53. The number of β-amino-alcohol motifs (C(OH)–C–C–N with tert-alkyl or cyclic N) is 1. The molecule has 0 saturated carbocycles. The van der Waals surface area contributed by atoms with Crippen molar-refractivity contribution in [1.82, 2.24) is 10.2 Å². The lowest BCUT2D eigenvalue weighted by molar-refractivity contribution is -0.133. The van der Waals surface area contributed by atoms with Gasteiger partial charge in [0.2, 0.25) is 5.91 Å². The molecule has 0 aromatic carbocycles. The van der Waals surface area contributed by atoms with Crippen LogP contribution in [0.2, 0.25) is 0 Å². The van der Waals surface area contributed by atoms with E-state index in [0.717, 1.165) is 25.9 Å². The molecule has 22 heavy (non-hydrogen) atoms. The van der Waals surface area contributed by atoms with Crippen LogP contribution in [0.15, 0.2) is 0 Å². The van der Waals surface area contributed by atoms with Crippen molar-refractivity contribution in [1.29, 1.82) is 5.26 Å². The van der Waals surface area contributed by atoms with Crippen LogP contribution in [-0.4, -0.2) is 61.4 Å². The molecule has 0 aromatic rings. The monoisotopic (exact) mass is 309 g/mol. The zero-order valence-corrected chi connectivity index (χ0v) is 13.4. The van der Waals surface area contributed by atoms with Gasteiger partial charge in [-0.2, -0.15) is 5.26 Å². The number of nitriles is 1. The molecule has 0 spiro atoms. The lowest BCUT2D eigenvalue weighted by atomic mass is 9.80. The Balaban J connectivity index is 2.00. The Morgan fingerprint density at radius 2 is 2.18 bits per heavy atom. The van der Waals surface area contributed by atoms with Crippen LogP contribution in [0.1, 0.15) is 32.6 Å². The third-order valence-electron chi connectivity index (χ3n) is 4.90. The van der Waals surface area contributed by atoms with Crippen LogP contribution in [0.3, 0.4) is 0 Å². The molecule has 0 aliphatic carbocycles. The summed E-state index contributed by atoms with van der Waals surface area (Å²) >= 11 is 0. The van der Waals surface area contributed by atoms with Crippen molar-refractivity contribution in [3.05, 3.63) is 0 Å². The molecule has 0 bridgehead atoms. The number of ether oxygens (including phenoxy) is 1. The Labute approximate surface area is 132 Å². The molecule has 6 nitrogen and oxygen atoms in total.